The third-order valence-electron chi connectivity index (χ3n) is 6.85. The van der Waals surface area contributed by atoms with Crippen LogP contribution in [-0.2, 0) is 11.3 Å². The van der Waals surface area contributed by atoms with Crippen molar-refractivity contribution < 1.29 is 14.0 Å². The first-order valence-electron chi connectivity index (χ1n) is 11.1. The summed E-state index contributed by atoms with van der Waals surface area (Å²) >= 11 is 0. The van der Waals surface area contributed by atoms with Gasteiger partial charge in [0.25, 0.3) is 5.91 Å². The van der Waals surface area contributed by atoms with E-state index in [9.17, 15) is 14.0 Å². The Labute approximate surface area is 181 Å². The lowest BCUT2D eigenvalue weighted by molar-refractivity contribution is -0.142. The van der Waals surface area contributed by atoms with Crippen molar-refractivity contribution in [3.05, 3.63) is 59.5 Å². The number of nitrogens with one attached hydrogen (secondary N) is 1. The normalized spacial score (nSPS) is 25.2. The molecule has 5 rings (SSSR count). The van der Waals surface area contributed by atoms with E-state index in [1.807, 2.05) is 0 Å². The Kier molecular flexibility index (Phi) is 5.34. The van der Waals surface area contributed by atoms with Crippen LogP contribution in [0.1, 0.15) is 41.6 Å². The number of anilines is 1. The van der Waals surface area contributed by atoms with Gasteiger partial charge in [0.15, 0.2) is 0 Å². The van der Waals surface area contributed by atoms with E-state index >= 15 is 0 Å². The molecule has 6 nitrogen and oxygen atoms in total. The minimum Gasteiger partial charge on any atom is -0.355 e. The van der Waals surface area contributed by atoms with Gasteiger partial charge in [0.05, 0.1) is 5.56 Å². The van der Waals surface area contributed by atoms with Crippen LogP contribution in [0.3, 0.4) is 0 Å². The first-order chi connectivity index (χ1) is 15.1. The molecule has 2 aromatic rings. The van der Waals surface area contributed by atoms with Crippen molar-refractivity contribution in [2.45, 2.75) is 38.3 Å². The van der Waals surface area contributed by atoms with Gasteiger partial charge in [0.2, 0.25) is 5.91 Å². The predicted molar refractivity (Wildman–Crippen MR) is 115 cm³/mol. The largest absolute Gasteiger partial charge is 0.355 e. The van der Waals surface area contributed by atoms with E-state index in [2.05, 4.69) is 20.1 Å². The van der Waals surface area contributed by atoms with E-state index in [0.717, 1.165) is 38.9 Å². The number of hydrogen-bond acceptors (Lipinski definition) is 4. The smallest absolute Gasteiger partial charge is 0.255 e. The van der Waals surface area contributed by atoms with Crippen molar-refractivity contribution in [3.63, 3.8) is 0 Å². The number of piperidine rings is 3. The number of benzene rings is 1. The molecule has 4 heterocycles. The first-order valence-corrected chi connectivity index (χ1v) is 11.1. The van der Waals surface area contributed by atoms with Gasteiger partial charge in [0.1, 0.15) is 11.6 Å². The van der Waals surface area contributed by atoms with Crippen molar-refractivity contribution in [3.8, 4) is 0 Å². The minimum absolute atomic E-state index is 0.211. The van der Waals surface area contributed by atoms with E-state index < -0.39 is 0 Å². The molecule has 1 N–H and O–H groups in total. The van der Waals surface area contributed by atoms with Crippen LogP contribution in [0.25, 0.3) is 0 Å². The molecular weight excluding hydrogens is 395 g/mol. The van der Waals surface area contributed by atoms with Crippen LogP contribution < -0.4 is 10.2 Å². The number of carbonyl (C=O) groups excluding carboxylic acids is 2. The average Bonchev–Trinajstić information content (AvgIpc) is 2.78. The van der Waals surface area contributed by atoms with Crippen molar-refractivity contribution >= 4 is 17.6 Å². The van der Waals surface area contributed by atoms with E-state index in [1.165, 1.54) is 12.1 Å². The zero-order valence-electron chi connectivity index (χ0n) is 17.5. The third kappa shape index (κ3) is 4.01. The van der Waals surface area contributed by atoms with Crippen LogP contribution in [0.5, 0.6) is 0 Å². The summed E-state index contributed by atoms with van der Waals surface area (Å²) in [5, 5.41) is 2.90. The summed E-state index contributed by atoms with van der Waals surface area (Å²) in [6.45, 7) is 2.68. The maximum atomic E-state index is 13.4. The number of fused-ring (bicyclic) bond motifs is 4. The molecule has 0 radical (unpaired) electrons. The van der Waals surface area contributed by atoms with Crippen LogP contribution in [0.4, 0.5) is 10.2 Å². The zero-order chi connectivity index (χ0) is 21.4. The topological polar surface area (TPSA) is 65.5 Å². The van der Waals surface area contributed by atoms with E-state index in [1.54, 1.807) is 30.5 Å². The highest BCUT2D eigenvalue weighted by Crippen LogP contribution is 2.39. The Balaban J connectivity index is 1.32. The maximum Gasteiger partial charge on any atom is 0.255 e. The quantitative estimate of drug-likeness (QED) is 0.823. The van der Waals surface area contributed by atoms with Crippen LogP contribution in [0, 0.1) is 17.7 Å². The molecule has 0 unspecified atom stereocenters. The van der Waals surface area contributed by atoms with Gasteiger partial charge in [-0.1, -0.05) is 12.1 Å². The molecule has 7 heteroatoms. The fourth-order valence-corrected chi connectivity index (χ4v) is 5.53. The second-order valence-corrected chi connectivity index (χ2v) is 8.96. The van der Waals surface area contributed by atoms with Crippen molar-refractivity contribution in [1.29, 1.82) is 0 Å². The molecule has 3 fully saturated rings. The molecule has 0 aliphatic carbocycles. The van der Waals surface area contributed by atoms with Gasteiger partial charge in [-0.25, -0.2) is 9.37 Å². The molecule has 0 saturated carbocycles. The van der Waals surface area contributed by atoms with Crippen LogP contribution >= 0.6 is 0 Å². The fraction of sp³-hybridized carbons (Fsp3) is 0.458. The van der Waals surface area contributed by atoms with Gasteiger partial charge in [0, 0.05) is 44.8 Å². The first kappa shape index (κ1) is 20.0. The van der Waals surface area contributed by atoms with Gasteiger partial charge < -0.3 is 15.1 Å². The Morgan fingerprint density at radius 2 is 2.10 bits per heavy atom. The van der Waals surface area contributed by atoms with E-state index in [4.69, 9.17) is 0 Å². The lowest BCUT2D eigenvalue weighted by atomic mass is 9.76. The number of pyridine rings is 1. The van der Waals surface area contributed by atoms with Gasteiger partial charge >= 0.3 is 0 Å². The monoisotopic (exact) mass is 422 g/mol. The Morgan fingerprint density at radius 1 is 1.19 bits per heavy atom. The van der Waals surface area contributed by atoms with Gasteiger partial charge in [-0.3, -0.25) is 9.59 Å². The lowest BCUT2D eigenvalue weighted by Crippen LogP contribution is -2.60. The summed E-state index contributed by atoms with van der Waals surface area (Å²) < 4.78 is 13.4. The summed E-state index contributed by atoms with van der Waals surface area (Å²) in [6.07, 6.45) is 5.58. The number of halogens is 1. The lowest BCUT2D eigenvalue weighted by Gasteiger charge is -2.52. The highest BCUT2D eigenvalue weighted by Gasteiger charge is 2.44. The van der Waals surface area contributed by atoms with Gasteiger partial charge in [-0.2, -0.15) is 0 Å². The molecular formula is C24H27FN4O2. The highest BCUT2D eigenvalue weighted by molar-refractivity contribution is 5.98. The van der Waals surface area contributed by atoms with Crippen molar-refractivity contribution in [2.24, 2.45) is 11.8 Å². The number of hydrogen-bond donors (Lipinski definition) is 1. The summed E-state index contributed by atoms with van der Waals surface area (Å²) in [6, 6.07) is 10.1. The summed E-state index contributed by atoms with van der Waals surface area (Å²) in [5.74, 6) is 1.30. The Bertz CT molecular complexity index is 997. The van der Waals surface area contributed by atoms with E-state index in [0.29, 0.717) is 47.2 Å². The molecule has 0 spiro atoms. The maximum absolute atomic E-state index is 13.4. The fourth-order valence-electron chi connectivity index (χ4n) is 5.53. The van der Waals surface area contributed by atoms with Crippen LogP contribution in [-0.4, -0.2) is 47.4 Å². The van der Waals surface area contributed by atoms with Crippen LogP contribution in [0.2, 0.25) is 0 Å². The highest BCUT2D eigenvalue weighted by atomic mass is 19.1. The SMILES string of the molecule is O=C(NCc1cccc(F)c1)c1cccnc1N1C[C@H]2C[C@H](C1)[C@H]1CCCC(=O)N1C2. The molecule has 3 atom stereocenters. The van der Waals surface area contributed by atoms with E-state index in [-0.39, 0.29) is 18.3 Å². The van der Waals surface area contributed by atoms with Crippen molar-refractivity contribution in [1.82, 2.24) is 15.2 Å². The average molecular weight is 423 g/mol. The predicted octanol–water partition coefficient (Wildman–Crippen LogP) is 2.99. The van der Waals surface area contributed by atoms with Crippen molar-refractivity contribution in [2.75, 3.05) is 24.5 Å². The zero-order valence-corrected chi connectivity index (χ0v) is 17.5. The summed E-state index contributed by atoms with van der Waals surface area (Å²) in [7, 11) is 0. The number of nitrogens with zero attached hydrogens (tertiary/aromatic N) is 3. The standard InChI is InChI=1S/C24H27FN4O2/c25-19-5-1-4-16(11-19)12-27-24(31)20-6-3-9-26-23(20)28-13-17-10-18(15-28)21-7-2-8-22(30)29(21)14-17/h1,3-6,9,11,17-18,21H,2,7-8,10,12-15H2,(H,27,31)/t17-,18-,21-/m1/s1. The molecule has 2 amide bonds. The number of aromatic nitrogens is 1. The number of amides is 2. The van der Waals surface area contributed by atoms with Gasteiger partial charge in [-0.15, -0.1) is 0 Å². The Morgan fingerprint density at radius 3 is 2.97 bits per heavy atom. The molecule has 3 saturated heterocycles. The van der Waals surface area contributed by atoms with Crippen LogP contribution in [0.15, 0.2) is 42.6 Å². The number of carbonyl (C=O) groups is 2. The second kappa shape index (κ2) is 8.29. The molecule has 162 valence electrons. The second-order valence-electron chi connectivity index (χ2n) is 8.96. The summed E-state index contributed by atoms with van der Waals surface area (Å²) in [5.41, 5.74) is 1.25. The molecule has 3 aliphatic rings. The number of rotatable bonds is 4. The molecule has 31 heavy (non-hydrogen) atoms. The van der Waals surface area contributed by atoms with Gasteiger partial charge in [-0.05, 0) is 60.9 Å². The molecule has 1 aromatic heterocycles. The molecule has 1 aromatic carbocycles. The summed E-state index contributed by atoms with van der Waals surface area (Å²) in [4.78, 5) is 34.3. The third-order valence-corrected chi connectivity index (χ3v) is 6.85. The Hall–Kier alpha value is -2.96. The molecule has 2 bridgehead atoms. The minimum atomic E-state index is -0.316. The molecule has 3 aliphatic heterocycles.